The van der Waals surface area contributed by atoms with E-state index >= 15 is 0 Å². The van der Waals surface area contributed by atoms with Crippen molar-refractivity contribution in [1.82, 2.24) is 9.78 Å². The number of benzene rings is 1. The molecule has 0 aliphatic heterocycles. The Morgan fingerprint density at radius 3 is 2.40 bits per heavy atom. The van der Waals surface area contributed by atoms with Crippen LogP contribution < -0.4 is 5.73 Å². The monoisotopic (exact) mass is 303 g/mol. The van der Waals surface area contributed by atoms with Gasteiger partial charge in [-0.25, -0.2) is 4.68 Å². The van der Waals surface area contributed by atoms with Gasteiger partial charge >= 0.3 is 6.18 Å². The zero-order chi connectivity index (χ0) is 15.1. The molecule has 0 aliphatic rings. The third-order valence-electron chi connectivity index (χ3n) is 3.07. The number of aryl methyl sites for hydroxylation is 1. The molecule has 3 nitrogen and oxygen atoms in total. The third kappa shape index (κ3) is 2.53. The van der Waals surface area contributed by atoms with Gasteiger partial charge in [0.2, 0.25) is 0 Å². The highest BCUT2D eigenvalue weighted by molar-refractivity contribution is 6.31. The first-order chi connectivity index (χ1) is 9.25. The van der Waals surface area contributed by atoms with Crippen LogP contribution in [-0.2, 0) is 12.7 Å². The van der Waals surface area contributed by atoms with Crippen molar-refractivity contribution in [2.45, 2.75) is 26.6 Å². The summed E-state index contributed by atoms with van der Waals surface area (Å²) in [5.74, 6) is 0. The lowest BCUT2D eigenvalue weighted by Crippen LogP contribution is -2.13. The predicted octanol–water partition coefficient (Wildman–Crippen LogP) is 3.62. The van der Waals surface area contributed by atoms with Crippen molar-refractivity contribution in [1.29, 1.82) is 0 Å². The molecule has 108 valence electrons. The minimum atomic E-state index is -4.45. The molecule has 2 rings (SSSR count). The first kappa shape index (κ1) is 14.9. The fourth-order valence-electron chi connectivity index (χ4n) is 2.01. The molecule has 20 heavy (non-hydrogen) atoms. The summed E-state index contributed by atoms with van der Waals surface area (Å²) in [6, 6.07) is 3.95. The number of halogens is 4. The van der Waals surface area contributed by atoms with Gasteiger partial charge in [0.1, 0.15) is 0 Å². The molecule has 7 heteroatoms. The van der Waals surface area contributed by atoms with Crippen LogP contribution in [0.15, 0.2) is 18.2 Å². The van der Waals surface area contributed by atoms with Gasteiger partial charge in [-0.2, -0.15) is 18.3 Å². The van der Waals surface area contributed by atoms with Crippen molar-refractivity contribution >= 4 is 11.6 Å². The molecule has 1 aromatic heterocycles. The Morgan fingerprint density at radius 2 is 1.95 bits per heavy atom. The number of nitrogens with two attached hydrogens (primary N) is 1. The molecule has 0 unspecified atom stereocenters. The number of nitrogens with zero attached hydrogens (tertiary/aromatic N) is 2. The molecular formula is C13H13ClF3N3. The van der Waals surface area contributed by atoms with E-state index in [-0.39, 0.29) is 12.1 Å². The zero-order valence-electron chi connectivity index (χ0n) is 10.9. The molecule has 0 saturated heterocycles. The van der Waals surface area contributed by atoms with E-state index in [1.807, 2.05) is 0 Å². The molecule has 1 aromatic carbocycles. The minimum Gasteiger partial charge on any atom is -0.326 e. The van der Waals surface area contributed by atoms with Crippen LogP contribution in [0.1, 0.15) is 22.5 Å². The van der Waals surface area contributed by atoms with E-state index in [2.05, 4.69) is 5.10 Å². The van der Waals surface area contributed by atoms with Crippen LogP contribution in [0.2, 0.25) is 5.02 Å². The summed E-state index contributed by atoms with van der Waals surface area (Å²) < 4.78 is 40.4. The highest BCUT2D eigenvalue weighted by Crippen LogP contribution is 2.34. The Kier molecular flexibility index (Phi) is 3.80. The lowest BCUT2D eigenvalue weighted by Gasteiger charge is -2.14. The van der Waals surface area contributed by atoms with E-state index in [1.54, 1.807) is 19.9 Å². The van der Waals surface area contributed by atoms with Crippen LogP contribution in [0.25, 0.3) is 5.69 Å². The Hall–Kier alpha value is -1.53. The number of alkyl halides is 3. The average Bonchev–Trinajstić information content (AvgIpc) is 2.65. The molecule has 0 aliphatic carbocycles. The summed E-state index contributed by atoms with van der Waals surface area (Å²) in [7, 11) is 0. The molecule has 0 saturated carbocycles. The van der Waals surface area contributed by atoms with Crippen molar-refractivity contribution in [2.75, 3.05) is 0 Å². The fraction of sp³-hybridized carbons (Fsp3) is 0.308. The van der Waals surface area contributed by atoms with E-state index < -0.39 is 11.7 Å². The van der Waals surface area contributed by atoms with Gasteiger partial charge in [-0.1, -0.05) is 17.7 Å². The standard InChI is InChI=1S/C13H13ClF3N3/c1-7-12(14)8(2)20(19-7)10-4-3-9(6-18)11(5-10)13(15,16)17/h3-5H,6,18H2,1-2H3. The van der Waals surface area contributed by atoms with Crippen LogP contribution >= 0.6 is 11.6 Å². The molecular weight excluding hydrogens is 291 g/mol. The van der Waals surface area contributed by atoms with E-state index in [0.717, 1.165) is 6.07 Å². The van der Waals surface area contributed by atoms with E-state index in [1.165, 1.54) is 10.7 Å². The quantitative estimate of drug-likeness (QED) is 0.921. The molecule has 0 bridgehead atoms. The van der Waals surface area contributed by atoms with E-state index in [9.17, 15) is 13.2 Å². The minimum absolute atomic E-state index is 0.0499. The highest BCUT2D eigenvalue weighted by Gasteiger charge is 2.33. The summed E-state index contributed by atoms with van der Waals surface area (Å²) in [6.07, 6.45) is -4.45. The molecule has 0 radical (unpaired) electrons. The van der Waals surface area contributed by atoms with Crippen molar-refractivity contribution < 1.29 is 13.2 Å². The number of aromatic nitrogens is 2. The maximum absolute atomic E-state index is 13.0. The Balaban J connectivity index is 2.62. The summed E-state index contributed by atoms with van der Waals surface area (Å²) in [5.41, 5.74) is 6.12. The second-order valence-electron chi connectivity index (χ2n) is 4.44. The number of hydrogen-bond donors (Lipinski definition) is 1. The second-order valence-corrected chi connectivity index (χ2v) is 4.82. The third-order valence-corrected chi connectivity index (χ3v) is 3.61. The van der Waals surface area contributed by atoms with Gasteiger partial charge in [-0.05, 0) is 31.5 Å². The van der Waals surface area contributed by atoms with Gasteiger partial charge in [0, 0.05) is 6.54 Å². The Labute approximate surface area is 119 Å². The highest BCUT2D eigenvalue weighted by atomic mass is 35.5. The maximum atomic E-state index is 13.0. The average molecular weight is 304 g/mol. The van der Waals surface area contributed by atoms with Gasteiger partial charge in [-0.15, -0.1) is 0 Å². The SMILES string of the molecule is Cc1nn(-c2ccc(CN)c(C(F)(F)F)c2)c(C)c1Cl. The lowest BCUT2D eigenvalue weighted by molar-refractivity contribution is -0.138. The van der Waals surface area contributed by atoms with Crippen LogP contribution in [0.3, 0.4) is 0 Å². The number of rotatable bonds is 2. The predicted molar refractivity (Wildman–Crippen MR) is 70.9 cm³/mol. The van der Waals surface area contributed by atoms with Crippen molar-refractivity contribution in [2.24, 2.45) is 5.73 Å². The second kappa shape index (κ2) is 5.10. The summed E-state index contributed by atoms with van der Waals surface area (Å²) >= 11 is 6.01. The van der Waals surface area contributed by atoms with Crippen molar-refractivity contribution in [3.05, 3.63) is 45.7 Å². The van der Waals surface area contributed by atoms with Crippen LogP contribution in [-0.4, -0.2) is 9.78 Å². The van der Waals surface area contributed by atoms with E-state index in [4.69, 9.17) is 17.3 Å². The van der Waals surface area contributed by atoms with Crippen molar-refractivity contribution in [3.63, 3.8) is 0 Å². The topological polar surface area (TPSA) is 43.8 Å². The largest absolute Gasteiger partial charge is 0.416 e. The summed E-state index contributed by atoms with van der Waals surface area (Å²) in [4.78, 5) is 0. The summed E-state index contributed by atoms with van der Waals surface area (Å²) in [5, 5.41) is 4.59. The van der Waals surface area contributed by atoms with Gasteiger partial charge in [0.15, 0.2) is 0 Å². The normalized spacial score (nSPS) is 11.9. The first-order valence-corrected chi connectivity index (χ1v) is 6.25. The van der Waals surface area contributed by atoms with Gasteiger partial charge in [0.05, 0.1) is 27.7 Å². The van der Waals surface area contributed by atoms with Crippen LogP contribution in [0.4, 0.5) is 13.2 Å². The van der Waals surface area contributed by atoms with Gasteiger partial charge in [-0.3, -0.25) is 0 Å². The van der Waals surface area contributed by atoms with Crippen molar-refractivity contribution in [3.8, 4) is 5.69 Å². The first-order valence-electron chi connectivity index (χ1n) is 5.88. The fourth-order valence-corrected chi connectivity index (χ4v) is 2.13. The number of hydrogen-bond acceptors (Lipinski definition) is 2. The molecule has 0 amide bonds. The van der Waals surface area contributed by atoms with E-state index in [0.29, 0.717) is 22.1 Å². The van der Waals surface area contributed by atoms with Crippen LogP contribution in [0.5, 0.6) is 0 Å². The smallest absolute Gasteiger partial charge is 0.326 e. The lowest BCUT2D eigenvalue weighted by atomic mass is 10.1. The molecule has 2 aromatic rings. The molecule has 2 N–H and O–H groups in total. The molecule has 1 heterocycles. The molecule has 0 atom stereocenters. The van der Waals surface area contributed by atoms with Gasteiger partial charge in [0.25, 0.3) is 0 Å². The Morgan fingerprint density at radius 1 is 1.30 bits per heavy atom. The maximum Gasteiger partial charge on any atom is 0.416 e. The van der Waals surface area contributed by atoms with Gasteiger partial charge < -0.3 is 5.73 Å². The molecule has 0 spiro atoms. The van der Waals surface area contributed by atoms with Crippen LogP contribution in [0, 0.1) is 13.8 Å². The summed E-state index contributed by atoms with van der Waals surface area (Å²) in [6.45, 7) is 3.23. The Bertz CT molecular complexity index is 647. The zero-order valence-corrected chi connectivity index (χ0v) is 11.7. The molecule has 0 fully saturated rings.